The summed E-state index contributed by atoms with van der Waals surface area (Å²) in [7, 11) is 0. The lowest BCUT2D eigenvalue weighted by Gasteiger charge is -1.94. The van der Waals surface area contributed by atoms with Gasteiger partial charge in [-0.1, -0.05) is 30.3 Å². The predicted octanol–water partition coefficient (Wildman–Crippen LogP) is 1.03. The van der Waals surface area contributed by atoms with Gasteiger partial charge in [-0.15, -0.1) is 0 Å². The molecular weight excluding hydrogens is 194 g/mol. The number of aliphatic carboxylic acids is 1. The highest BCUT2D eigenvalue weighted by molar-refractivity contribution is 5.66. The molecule has 0 bridgehead atoms. The first-order valence-electron chi connectivity index (χ1n) is 4.42. The molecule has 5 heteroatoms. The summed E-state index contributed by atoms with van der Waals surface area (Å²) in [6.07, 6.45) is 1.41. The van der Waals surface area contributed by atoms with Crippen molar-refractivity contribution in [3.05, 3.63) is 36.7 Å². The molecule has 0 saturated carbocycles. The molecule has 2 rings (SSSR count). The fourth-order valence-electron chi connectivity index (χ4n) is 1.23. The van der Waals surface area contributed by atoms with Crippen LogP contribution in [-0.2, 0) is 11.3 Å². The predicted molar refractivity (Wildman–Crippen MR) is 53.1 cm³/mol. The lowest BCUT2D eigenvalue weighted by Crippen LogP contribution is -2.08. The van der Waals surface area contributed by atoms with Crippen molar-refractivity contribution < 1.29 is 9.90 Å². The van der Waals surface area contributed by atoms with E-state index in [2.05, 4.69) is 10.1 Å². The molecule has 0 saturated heterocycles. The van der Waals surface area contributed by atoms with E-state index in [1.807, 2.05) is 30.3 Å². The minimum absolute atomic E-state index is 0.167. The number of benzene rings is 1. The van der Waals surface area contributed by atoms with E-state index in [0.717, 1.165) is 5.56 Å². The third-order valence-corrected chi connectivity index (χ3v) is 1.87. The Morgan fingerprint density at radius 1 is 1.33 bits per heavy atom. The summed E-state index contributed by atoms with van der Waals surface area (Å²) in [6.45, 7) is -0.167. The van der Waals surface area contributed by atoms with E-state index in [-0.39, 0.29) is 6.54 Å². The summed E-state index contributed by atoms with van der Waals surface area (Å²) in [6, 6.07) is 9.42. The average molecular weight is 203 g/mol. The zero-order valence-electron chi connectivity index (χ0n) is 7.87. The second-order valence-corrected chi connectivity index (χ2v) is 3.03. The van der Waals surface area contributed by atoms with Crippen molar-refractivity contribution in [1.82, 2.24) is 14.8 Å². The highest BCUT2D eigenvalue weighted by Gasteiger charge is 2.05. The fourth-order valence-corrected chi connectivity index (χ4v) is 1.23. The summed E-state index contributed by atoms with van der Waals surface area (Å²) in [4.78, 5) is 14.5. The lowest BCUT2D eigenvalue weighted by atomic mass is 10.2. The largest absolute Gasteiger partial charge is 0.480 e. The van der Waals surface area contributed by atoms with Crippen molar-refractivity contribution in [2.75, 3.05) is 0 Å². The smallest absolute Gasteiger partial charge is 0.325 e. The zero-order chi connectivity index (χ0) is 10.7. The second kappa shape index (κ2) is 3.91. The number of nitrogens with zero attached hydrogens (tertiary/aromatic N) is 3. The van der Waals surface area contributed by atoms with Crippen molar-refractivity contribution in [1.29, 1.82) is 0 Å². The first kappa shape index (κ1) is 9.39. The molecule has 1 N–H and O–H groups in total. The van der Waals surface area contributed by atoms with Gasteiger partial charge in [-0.05, 0) is 0 Å². The van der Waals surface area contributed by atoms with Gasteiger partial charge in [0.05, 0.1) is 0 Å². The molecule has 0 aliphatic rings. The Bertz CT molecular complexity index is 465. The Morgan fingerprint density at radius 3 is 2.73 bits per heavy atom. The number of carbonyl (C=O) groups is 1. The number of carboxylic acids is 1. The van der Waals surface area contributed by atoms with Crippen molar-refractivity contribution in [3.8, 4) is 11.4 Å². The highest BCUT2D eigenvalue weighted by atomic mass is 16.4. The Hall–Kier alpha value is -2.17. The first-order chi connectivity index (χ1) is 7.25. The molecule has 0 unspecified atom stereocenters. The Balaban J connectivity index is 2.24. The van der Waals surface area contributed by atoms with E-state index in [4.69, 9.17) is 5.11 Å². The van der Waals surface area contributed by atoms with E-state index in [1.165, 1.54) is 11.0 Å². The van der Waals surface area contributed by atoms with E-state index in [0.29, 0.717) is 5.82 Å². The van der Waals surface area contributed by atoms with E-state index in [1.54, 1.807) is 0 Å². The molecule has 0 atom stereocenters. The Kier molecular flexibility index (Phi) is 2.45. The quantitative estimate of drug-likeness (QED) is 0.808. The standard InChI is InChI=1S/C10H9N3O2/c14-9(15)6-13-7-11-10(12-13)8-4-2-1-3-5-8/h1-5,7H,6H2,(H,14,15). The van der Waals surface area contributed by atoms with Crippen molar-refractivity contribution in [2.45, 2.75) is 6.54 Å². The summed E-state index contributed by atoms with van der Waals surface area (Å²) in [5.41, 5.74) is 0.877. The molecular formula is C10H9N3O2. The molecule has 0 aliphatic carbocycles. The Morgan fingerprint density at radius 2 is 2.07 bits per heavy atom. The normalized spacial score (nSPS) is 10.1. The van der Waals surface area contributed by atoms with E-state index >= 15 is 0 Å². The summed E-state index contributed by atoms with van der Waals surface area (Å²) in [5, 5.41) is 12.6. The number of aromatic nitrogens is 3. The van der Waals surface area contributed by atoms with Gasteiger partial charge < -0.3 is 5.11 Å². The van der Waals surface area contributed by atoms with Crippen LogP contribution in [0.1, 0.15) is 0 Å². The maximum Gasteiger partial charge on any atom is 0.325 e. The summed E-state index contributed by atoms with van der Waals surface area (Å²) in [5.74, 6) is -0.392. The van der Waals surface area contributed by atoms with Crippen LogP contribution in [0, 0.1) is 0 Å². The number of hydrogen-bond donors (Lipinski definition) is 1. The van der Waals surface area contributed by atoms with Crippen LogP contribution in [-0.4, -0.2) is 25.8 Å². The average Bonchev–Trinajstić information content (AvgIpc) is 2.67. The van der Waals surface area contributed by atoms with E-state index in [9.17, 15) is 4.79 Å². The molecule has 76 valence electrons. The molecule has 15 heavy (non-hydrogen) atoms. The monoisotopic (exact) mass is 203 g/mol. The minimum atomic E-state index is -0.931. The molecule has 1 aromatic heterocycles. The highest BCUT2D eigenvalue weighted by Crippen LogP contribution is 2.12. The molecule has 0 fully saturated rings. The fraction of sp³-hybridized carbons (Fsp3) is 0.100. The topological polar surface area (TPSA) is 68.0 Å². The van der Waals surface area contributed by atoms with Crippen molar-refractivity contribution in [2.24, 2.45) is 0 Å². The Labute approximate surface area is 86.0 Å². The van der Waals surface area contributed by atoms with Gasteiger partial charge in [0.25, 0.3) is 0 Å². The van der Waals surface area contributed by atoms with Crippen LogP contribution in [0.2, 0.25) is 0 Å². The van der Waals surface area contributed by atoms with Gasteiger partial charge in [0.2, 0.25) is 0 Å². The van der Waals surface area contributed by atoms with Crippen LogP contribution >= 0.6 is 0 Å². The lowest BCUT2D eigenvalue weighted by molar-refractivity contribution is -0.137. The molecule has 5 nitrogen and oxygen atoms in total. The molecule has 1 aromatic carbocycles. The van der Waals surface area contributed by atoms with Crippen LogP contribution in [0.15, 0.2) is 36.7 Å². The van der Waals surface area contributed by atoms with Gasteiger partial charge in [0, 0.05) is 5.56 Å². The van der Waals surface area contributed by atoms with Crippen LogP contribution in [0.3, 0.4) is 0 Å². The number of hydrogen-bond acceptors (Lipinski definition) is 3. The molecule has 0 aliphatic heterocycles. The van der Waals surface area contributed by atoms with Gasteiger partial charge in [0.1, 0.15) is 12.9 Å². The van der Waals surface area contributed by atoms with Crippen LogP contribution in [0.5, 0.6) is 0 Å². The first-order valence-corrected chi connectivity index (χ1v) is 4.42. The number of carboxylic acid groups (broad SMARTS) is 1. The van der Waals surface area contributed by atoms with Crippen LogP contribution in [0.25, 0.3) is 11.4 Å². The van der Waals surface area contributed by atoms with Gasteiger partial charge in [-0.2, -0.15) is 5.10 Å². The molecule has 0 amide bonds. The maximum absolute atomic E-state index is 10.4. The molecule has 2 aromatic rings. The van der Waals surface area contributed by atoms with Crippen molar-refractivity contribution >= 4 is 5.97 Å². The zero-order valence-corrected chi connectivity index (χ0v) is 7.87. The van der Waals surface area contributed by atoms with Gasteiger partial charge >= 0.3 is 5.97 Å². The number of rotatable bonds is 3. The molecule has 0 radical (unpaired) electrons. The minimum Gasteiger partial charge on any atom is -0.480 e. The van der Waals surface area contributed by atoms with Crippen LogP contribution in [0.4, 0.5) is 0 Å². The van der Waals surface area contributed by atoms with Gasteiger partial charge in [-0.25, -0.2) is 9.67 Å². The van der Waals surface area contributed by atoms with Crippen molar-refractivity contribution in [3.63, 3.8) is 0 Å². The summed E-state index contributed by atoms with van der Waals surface area (Å²) >= 11 is 0. The second-order valence-electron chi connectivity index (χ2n) is 3.03. The summed E-state index contributed by atoms with van der Waals surface area (Å²) < 4.78 is 1.30. The molecule has 1 heterocycles. The van der Waals surface area contributed by atoms with Gasteiger partial charge in [-0.3, -0.25) is 4.79 Å². The van der Waals surface area contributed by atoms with E-state index < -0.39 is 5.97 Å². The SMILES string of the molecule is O=C(O)Cn1cnc(-c2ccccc2)n1. The third-order valence-electron chi connectivity index (χ3n) is 1.87. The van der Waals surface area contributed by atoms with Gasteiger partial charge in [0.15, 0.2) is 5.82 Å². The third kappa shape index (κ3) is 2.19. The molecule has 0 spiro atoms. The maximum atomic E-state index is 10.4. The van der Waals surface area contributed by atoms with Crippen LogP contribution < -0.4 is 0 Å².